The number of benzene rings is 1. The number of fused-ring (bicyclic) bond motifs is 1. The van der Waals surface area contributed by atoms with Gasteiger partial charge < -0.3 is 15.0 Å². The van der Waals surface area contributed by atoms with Gasteiger partial charge in [-0.05, 0) is 59.6 Å². The Morgan fingerprint density at radius 1 is 1.45 bits per heavy atom. The molecule has 0 spiro atoms. The molecule has 0 fully saturated rings. The van der Waals surface area contributed by atoms with E-state index in [1.54, 1.807) is 0 Å². The molecule has 0 amide bonds. The Hall–Kier alpha value is -1.33. The largest absolute Gasteiger partial charge is 0.493 e. The molecule has 1 aliphatic rings. The third-order valence-corrected chi connectivity index (χ3v) is 4.08. The molecule has 2 heterocycles. The topological polar surface area (TPSA) is 49.9 Å². The summed E-state index contributed by atoms with van der Waals surface area (Å²) >= 11 is 3.57. The molecule has 2 N–H and O–H groups in total. The molecule has 0 bridgehead atoms. The van der Waals surface area contributed by atoms with Crippen molar-refractivity contribution in [2.45, 2.75) is 19.3 Å². The summed E-state index contributed by atoms with van der Waals surface area (Å²) in [6.07, 6.45) is 3.06. The number of hydrogen-bond acceptors (Lipinski definition) is 3. The molecule has 0 saturated carbocycles. The Morgan fingerprint density at radius 2 is 2.35 bits per heavy atom. The number of likely N-dealkylation sites (N-methyl/N-ethyl adjacent to an activating group) is 1. The second-order valence-corrected chi connectivity index (χ2v) is 5.77. The molecule has 5 heteroatoms. The number of ether oxygens (including phenoxy) is 1. The minimum Gasteiger partial charge on any atom is -0.493 e. The van der Waals surface area contributed by atoms with Gasteiger partial charge in [0.25, 0.3) is 0 Å². The van der Waals surface area contributed by atoms with Gasteiger partial charge in [-0.15, -0.1) is 0 Å². The lowest BCUT2D eigenvalue weighted by Gasteiger charge is -2.17. The predicted octanol–water partition coefficient (Wildman–Crippen LogP) is 2.93. The third-order valence-electron chi connectivity index (χ3n) is 3.50. The molecule has 20 heavy (non-hydrogen) atoms. The van der Waals surface area contributed by atoms with Crippen molar-refractivity contribution in [3.8, 4) is 17.0 Å². The van der Waals surface area contributed by atoms with Crippen LogP contribution < -0.4 is 10.1 Å². The summed E-state index contributed by atoms with van der Waals surface area (Å²) in [6.45, 7) is 1.74. The maximum Gasteiger partial charge on any atom is 0.122 e. The number of aromatic amines is 1. The van der Waals surface area contributed by atoms with Crippen LogP contribution in [0.2, 0.25) is 0 Å². The summed E-state index contributed by atoms with van der Waals surface area (Å²) in [5.41, 5.74) is 3.39. The highest BCUT2D eigenvalue weighted by atomic mass is 79.9. The minimum atomic E-state index is 0.826. The van der Waals surface area contributed by atoms with Crippen molar-refractivity contribution in [3.63, 3.8) is 0 Å². The van der Waals surface area contributed by atoms with Gasteiger partial charge in [-0.2, -0.15) is 0 Å². The first-order valence-corrected chi connectivity index (χ1v) is 7.72. The number of aromatic nitrogens is 2. The van der Waals surface area contributed by atoms with Gasteiger partial charge in [0.2, 0.25) is 0 Å². The Morgan fingerprint density at radius 3 is 3.20 bits per heavy atom. The van der Waals surface area contributed by atoms with Crippen LogP contribution in [0.5, 0.6) is 5.75 Å². The quantitative estimate of drug-likeness (QED) is 0.903. The summed E-state index contributed by atoms with van der Waals surface area (Å²) < 4.78 is 6.60. The van der Waals surface area contributed by atoms with E-state index in [1.807, 2.05) is 7.05 Å². The fourth-order valence-electron chi connectivity index (χ4n) is 2.46. The number of nitrogens with zero attached hydrogens (tertiary/aromatic N) is 1. The number of imidazole rings is 1. The predicted molar refractivity (Wildman–Crippen MR) is 83.2 cm³/mol. The average Bonchev–Trinajstić information content (AvgIpc) is 2.85. The van der Waals surface area contributed by atoms with Crippen LogP contribution in [0, 0.1) is 0 Å². The van der Waals surface area contributed by atoms with Crippen LogP contribution in [0.4, 0.5) is 0 Å². The van der Waals surface area contributed by atoms with E-state index in [4.69, 9.17) is 4.74 Å². The summed E-state index contributed by atoms with van der Waals surface area (Å²) in [7, 11) is 1.95. The van der Waals surface area contributed by atoms with E-state index in [-0.39, 0.29) is 0 Å². The second-order valence-electron chi connectivity index (χ2n) is 4.97. The van der Waals surface area contributed by atoms with Gasteiger partial charge in [0.05, 0.1) is 6.61 Å². The van der Waals surface area contributed by atoms with Crippen molar-refractivity contribution in [1.82, 2.24) is 15.3 Å². The molecule has 0 saturated heterocycles. The molecule has 1 aromatic carbocycles. The SMILES string of the molecule is CNCCc1nc(-c2ccc3c(c2)CCCO3)c(Br)[nH]1. The zero-order valence-corrected chi connectivity index (χ0v) is 13.1. The van der Waals surface area contributed by atoms with Crippen LogP contribution in [0.1, 0.15) is 17.8 Å². The van der Waals surface area contributed by atoms with Crippen LogP contribution in [0.3, 0.4) is 0 Å². The van der Waals surface area contributed by atoms with Crippen molar-refractivity contribution < 1.29 is 4.74 Å². The summed E-state index contributed by atoms with van der Waals surface area (Å²) in [6, 6.07) is 6.32. The number of nitrogens with one attached hydrogen (secondary N) is 2. The maximum absolute atomic E-state index is 5.65. The van der Waals surface area contributed by atoms with E-state index in [0.717, 1.165) is 59.8 Å². The van der Waals surface area contributed by atoms with Gasteiger partial charge in [-0.25, -0.2) is 4.98 Å². The normalized spacial score (nSPS) is 13.9. The molecule has 0 unspecified atom stereocenters. The van der Waals surface area contributed by atoms with Gasteiger partial charge in [0.15, 0.2) is 0 Å². The average molecular weight is 336 g/mol. The van der Waals surface area contributed by atoms with Gasteiger partial charge in [0, 0.05) is 18.5 Å². The van der Waals surface area contributed by atoms with E-state index in [1.165, 1.54) is 5.56 Å². The van der Waals surface area contributed by atoms with E-state index in [9.17, 15) is 0 Å². The minimum absolute atomic E-state index is 0.826. The Bertz CT molecular complexity index is 609. The zero-order valence-electron chi connectivity index (χ0n) is 11.5. The van der Waals surface area contributed by atoms with E-state index < -0.39 is 0 Å². The lowest BCUT2D eigenvalue weighted by Crippen LogP contribution is -2.11. The second kappa shape index (κ2) is 5.97. The molecule has 0 atom stereocenters. The highest BCUT2D eigenvalue weighted by molar-refractivity contribution is 9.10. The Balaban J connectivity index is 1.90. The number of halogens is 1. The van der Waals surface area contributed by atoms with E-state index >= 15 is 0 Å². The van der Waals surface area contributed by atoms with Crippen LogP contribution in [-0.2, 0) is 12.8 Å². The van der Waals surface area contributed by atoms with Gasteiger partial charge in [0.1, 0.15) is 21.9 Å². The van der Waals surface area contributed by atoms with Crippen LogP contribution >= 0.6 is 15.9 Å². The summed E-state index contributed by atoms with van der Waals surface area (Å²) in [4.78, 5) is 7.98. The molecule has 1 aliphatic heterocycles. The zero-order chi connectivity index (χ0) is 13.9. The van der Waals surface area contributed by atoms with Crippen molar-refractivity contribution in [1.29, 1.82) is 0 Å². The molecule has 106 valence electrons. The van der Waals surface area contributed by atoms with Crippen molar-refractivity contribution in [2.75, 3.05) is 20.2 Å². The molecule has 1 aromatic heterocycles. The fourth-order valence-corrected chi connectivity index (χ4v) is 3.01. The van der Waals surface area contributed by atoms with Crippen molar-refractivity contribution >= 4 is 15.9 Å². The Kier molecular flexibility index (Phi) is 4.08. The highest BCUT2D eigenvalue weighted by Crippen LogP contribution is 2.32. The number of aryl methyl sites for hydroxylation is 1. The summed E-state index contributed by atoms with van der Waals surface area (Å²) in [5, 5.41) is 3.13. The number of rotatable bonds is 4. The molecular formula is C15H18BrN3O. The molecule has 4 nitrogen and oxygen atoms in total. The Labute approximate surface area is 127 Å². The molecule has 2 aromatic rings. The summed E-state index contributed by atoms with van der Waals surface area (Å²) in [5.74, 6) is 2.01. The first-order chi connectivity index (χ1) is 9.78. The number of H-pyrrole nitrogens is 1. The van der Waals surface area contributed by atoms with Crippen LogP contribution in [0.25, 0.3) is 11.3 Å². The molecule has 3 rings (SSSR count). The molecule has 0 radical (unpaired) electrons. The first-order valence-electron chi connectivity index (χ1n) is 6.93. The lowest BCUT2D eigenvalue weighted by molar-refractivity contribution is 0.288. The number of hydrogen-bond donors (Lipinski definition) is 2. The third kappa shape index (κ3) is 2.74. The van der Waals surface area contributed by atoms with E-state index in [2.05, 4.69) is 49.4 Å². The van der Waals surface area contributed by atoms with Gasteiger partial charge >= 0.3 is 0 Å². The smallest absolute Gasteiger partial charge is 0.122 e. The molecule has 0 aliphatic carbocycles. The molecular weight excluding hydrogens is 318 g/mol. The standard InChI is InChI=1S/C15H18BrN3O/c1-17-7-6-13-18-14(15(16)19-13)11-4-5-12-10(9-11)3-2-8-20-12/h4-5,9,17H,2-3,6-8H2,1H3,(H,18,19). The van der Waals surface area contributed by atoms with Crippen LogP contribution in [-0.4, -0.2) is 30.2 Å². The van der Waals surface area contributed by atoms with E-state index in [0.29, 0.717) is 0 Å². The van der Waals surface area contributed by atoms with Gasteiger partial charge in [-0.1, -0.05) is 0 Å². The first kappa shape index (κ1) is 13.6. The van der Waals surface area contributed by atoms with Crippen molar-refractivity contribution in [2.24, 2.45) is 0 Å². The van der Waals surface area contributed by atoms with Crippen molar-refractivity contribution in [3.05, 3.63) is 34.2 Å². The maximum atomic E-state index is 5.65. The van der Waals surface area contributed by atoms with Crippen LogP contribution in [0.15, 0.2) is 22.8 Å². The van der Waals surface area contributed by atoms with Gasteiger partial charge in [-0.3, -0.25) is 0 Å². The monoisotopic (exact) mass is 335 g/mol. The lowest BCUT2D eigenvalue weighted by atomic mass is 10.0. The highest BCUT2D eigenvalue weighted by Gasteiger charge is 2.15. The fraction of sp³-hybridized carbons (Fsp3) is 0.400.